The minimum absolute atomic E-state index is 0.390. The molecule has 1 N–H and O–H groups in total. The molecular weight excluding hydrogens is 310 g/mol. The van der Waals surface area contributed by atoms with Gasteiger partial charge >= 0.3 is 0 Å². The van der Waals surface area contributed by atoms with Crippen LogP contribution in [0.2, 0.25) is 0 Å². The van der Waals surface area contributed by atoms with Crippen LogP contribution in [0, 0.1) is 5.92 Å². The molecule has 1 aromatic rings. The smallest absolute Gasteiger partial charge is 0.210 e. The second-order valence-electron chi connectivity index (χ2n) is 3.54. The van der Waals surface area contributed by atoms with Gasteiger partial charge in [-0.25, -0.2) is 13.1 Å². The Hall–Kier alpha value is 0.0900. The van der Waals surface area contributed by atoms with Crippen molar-refractivity contribution in [2.24, 2.45) is 5.92 Å². The van der Waals surface area contributed by atoms with E-state index in [0.717, 1.165) is 18.2 Å². The van der Waals surface area contributed by atoms with Crippen molar-refractivity contribution < 1.29 is 8.42 Å². The summed E-state index contributed by atoms with van der Waals surface area (Å²) in [5, 5.41) is 2.68. The molecule has 0 aliphatic carbocycles. The molecule has 6 heteroatoms. The first-order chi connectivity index (χ1) is 7.60. The molecule has 0 aliphatic rings. The second-order valence-corrected chi connectivity index (χ2v) is 7.27. The molecule has 1 aromatic heterocycles. The number of sulfonamides is 1. The lowest BCUT2D eigenvalue weighted by Gasteiger charge is -2.13. The SMILES string of the molecule is CCC(CCBr)CNS(=O)(=O)c1cccs1. The molecule has 0 bridgehead atoms. The van der Waals surface area contributed by atoms with Gasteiger partial charge in [0.05, 0.1) is 0 Å². The van der Waals surface area contributed by atoms with Gasteiger partial charge in [0.15, 0.2) is 0 Å². The topological polar surface area (TPSA) is 46.2 Å². The van der Waals surface area contributed by atoms with E-state index in [1.54, 1.807) is 17.5 Å². The van der Waals surface area contributed by atoms with Gasteiger partial charge in [-0.2, -0.15) is 0 Å². The van der Waals surface area contributed by atoms with Crippen LogP contribution in [0.15, 0.2) is 21.7 Å². The first-order valence-corrected chi connectivity index (χ1v) is 8.67. The minimum Gasteiger partial charge on any atom is -0.210 e. The lowest BCUT2D eigenvalue weighted by atomic mass is 10.0. The zero-order valence-corrected chi connectivity index (χ0v) is 12.4. The Kier molecular flexibility index (Phi) is 5.96. The number of halogens is 1. The van der Waals surface area contributed by atoms with Crippen LogP contribution in [0.3, 0.4) is 0 Å². The van der Waals surface area contributed by atoms with Gasteiger partial charge in [0.1, 0.15) is 4.21 Å². The molecule has 92 valence electrons. The Bertz CT molecular complexity index is 389. The molecule has 0 radical (unpaired) electrons. The van der Waals surface area contributed by atoms with E-state index in [4.69, 9.17) is 0 Å². The van der Waals surface area contributed by atoms with E-state index in [0.29, 0.717) is 16.7 Å². The molecule has 0 saturated heterocycles. The van der Waals surface area contributed by atoms with E-state index in [1.807, 2.05) is 0 Å². The van der Waals surface area contributed by atoms with Gasteiger partial charge in [0.25, 0.3) is 0 Å². The summed E-state index contributed by atoms with van der Waals surface area (Å²) in [5.41, 5.74) is 0. The van der Waals surface area contributed by atoms with Crippen molar-refractivity contribution in [1.82, 2.24) is 4.72 Å². The highest BCUT2D eigenvalue weighted by Crippen LogP contribution is 2.16. The highest BCUT2D eigenvalue weighted by atomic mass is 79.9. The molecule has 1 unspecified atom stereocenters. The predicted molar refractivity (Wildman–Crippen MR) is 71.7 cm³/mol. The molecule has 0 amide bonds. The van der Waals surface area contributed by atoms with Gasteiger partial charge in [-0.1, -0.05) is 35.3 Å². The third-order valence-electron chi connectivity index (χ3n) is 2.42. The van der Waals surface area contributed by atoms with Crippen LogP contribution in [0.4, 0.5) is 0 Å². The summed E-state index contributed by atoms with van der Waals surface area (Å²) in [7, 11) is -3.29. The van der Waals surface area contributed by atoms with E-state index in [2.05, 4.69) is 27.6 Å². The van der Waals surface area contributed by atoms with E-state index < -0.39 is 10.0 Å². The molecule has 0 aromatic carbocycles. The van der Waals surface area contributed by atoms with E-state index >= 15 is 0 Å². The first kappa shape index (κ1) is 14.2. The zero-order chi connectivity index (χ0) is 12.0. The third kappa shape index (κ3) is 4.16. The molecular formula is C10H16BrNO2S2. The number of nitrogens with one attached hydrogen (secondary N) is 1. The van der Waals surface area contributed by atoms with Crippen molar-refractivity contribution in [3.05, 3.63) is 17.5 Å². The molecule has 0 saturated carbocycles. The van der Waals surface area contributed by atoms with Crippen molar-refractivity contribution >= 4 is 37.3 Å². The largest absolute Gasteiger partial charge is 0.250 e. The summed E-state index contributed by atoms with van der Waals surface area (Å²) in [6.45, 7) is 2.59. The van der Waals surface area contributed by atoms with Crippen molar-refractivity contribution in [2.45, 2.75) is 24.0 Å². The highest BCUT2D eigenvalue weighted by molar-refractivity contribution is 9.09. The average molecular weight is 326 g/mol. The Morgan fingerprint density at radius 2 is 2.31 bits per heavy atom. The average Bonchev–Trinajstić information content (AvgIpc) is 2.78. The summed E-state index contributed by atoms with van der Waals surface area (Å²) in [4.78, 5) is 0. The molecule has 0 fully saturated rings. The Labute approximate surface area is 109 Å². The maximum atomic E-state index is 11.8. The van der Waals surface area contributed by atoms with E-state index in [1.165, 1.54) is 11.3 Å². The summed E-state index contributed by atoms with van der Waals surface area (Å²) in [5.74, 6) is 0.397. The van der Waals surface area contributed by atoms with Crippen LogP contribution in [0.5, 0.6) is 0 Å². The van der Waals surface area contributed by atoms with Crippen LogP contribution >= 0.6 is 27.3 Å². The van der Waals surface area contributed by atoms with Crippen molar-refractivity contribution in [3.8, 4) is 0 Å². The molecule has 16 heavy (non-hydrogen) atoms. The normalized spacial score (nSPS) is 13.9. The number of hydrogen-bond donors (Lipinski definition) is 1. The van der Waals surface area contributed by atoms with Gasteiger partial charge in [0, 0.05) is 11.9 Å². The van der Waals surface area contributed by atoms with Crippen LogP contribution in [-0.4, -0.2) is 20.3 Å². The van der Waals surface area contributed by atoms with Crippen molar-refractivity contribution in [3.63, 3.8) is 0 Å². The lowest BCUT2D eigenvalue weighted by molar-refractivity contribution is 0.483. The standard InChI is InChI=1S/C10H16BrNO2S2/c1-2-9(5-6-11)8-12-16(13,14)10-4-3-7-15-10/h3-4,7,9,12H,2,5-6,8H2,1H3. The summed E-state index contributed by atoms with van der Waals surface area (Å²) < 4.78 is 26.7. The highest BCUT2D eigenvalue weighted by Gasteiger charge is 2.16. The van der Waals surface area contributed by atoms with Gasteiger partial charge in [-0.15, -0.1) is 11.3 Å². The molecule has 0 spiro atoms. The quantitative estimate of drug-likeness (QED) is 0.783. The summed E-state index contributed by atoms with van der Waals surface area (Å²) >= 11 is 4.62. The lowest BCUT2D eigenvalue weighted by Crippen LogP contribution is -2.28. The molecule has 1 rings (SSSR count). The predicted octanol–water partition coefficient (Wildman–Crippen LogP) is 2.84. The first-order valence-electron chi connectivity index (χ1n) is 5.19. The van der Waals surface area contributed by atoms with E-state index in [-0.39, 0.29) is 0 Å². The molecule has 3 nitrogen and oxygen atoms in total. The van der Waals surface area contributed by atoms with Crippen LogP contribution in [-0.2, 0) is 10.0 Å². The second kappa shape index (κ2) is 6.74. The summed E-state index contributed by atoms with van der Waals surface area (Å²) in [6.07, 6.45) is 1.97. The van der Waals surface area contributed by atoms with Gasteiger partial charge in [-0.3, -0.25) is 0 Å². The third-order valence-corrected chi connectivity index (χ3v) is 5.70. The van der Waals surface area contributed by atoms with Crippen LogP contribution in [0.25, 0.3) is 0 Å². The Morgan fingerprint density at radius 3 is 2.81 bits per heavy atom. The number of thiophene rings is 1. The minimum atomic E-state index is -3.29. The Balaban J connectivity index is 2.54. The summed E-state index contributed by atoms with van der Waals surface area (Å²) in [6, 6.07) is 3.37. The van der Waals surface area contributed by atoms with E-state index in [9.17, 15) is 8.42 Å². The number of alkyl halides is 1. The maximum Gasteiger partial charge on any atom is 0.250 e. The maximum absolute atomic E-state index is 11.8. The van der Waals surface area contributed by atoms with Gasteiger partial charge in [-0.05, 0) is 23.8 Å². The molecule has 0 aliphatic heterocycles. The molecule has 1 heterocycles. The fourth-order valence-electron chi connectivity index (χ4n) is 1.32. The van der Waals surface area contributed by atoms with Gasteiger partial charge in [0.2, 0.25) is 10.0 Å². The zero-order valence-electron chi connectivity index (χ0n) is 9.15. The van der Waals surface area contributed by atoms with Crippen molar-refractivity contribution in [1.29, 1.82) is 0 Å². The Morgan fingerprint density at radius 1 is 1.56 bits per heavy atom. The van der Waals surface area contributed by atoms with Crippen LogP contribution in [0.1, 0.15) is 19.8 Å². The van der Waals surface area contributed by atoms with Gasteiger partial charge < -0.3 is 0 Å². The fourth-order valence-corrected chi connectivity index (χ4v) is 4.12. The fraction of sp³-hybridized carbons (Fsp3) is 0.600. The monoisotopic (exact) mass is 325 g/mol. The number of rotatable bonds is 7. The van der Waals surface area contributed by atoms with Crippen LogP contribution < -0.4 is 4.72 Å². The molecule has 1 atom stereocenters. The van der Waals surface area contributed by atoms with Crippen molar-refractivity contribution in [2.75, 3.05) is 11.9 Å². The number of hydrogen-bond acceptors (Lipinski definition) is 3.